The van der Waals surface area contributed by atoms with Crippen LogP contribution in [0, 0.1) is 0 Å². The van der Waals surface area contributed by atoms with Crippen molar-refractivity contribution in [3.8, 4) is 0 Å². The average Bonchev–Trinajstić information content (AvgIpc) is 2.46. The molecule has 1 heterocycles. The summed E-state index contributed by atoms with van der Waals surface area (Å²) < 4.78 is 0. The summed E-state index contributed by atoms with van der Waals surface area (Å²) in [5.74, 6) is -0.0231. The molecule has 2 rings (SSSR count). The molecule has 1 fully saturated rings. The van der Waals surface area contributed by atoms with E-state index in [1.807, 2.05) is 24.3 Å². The highest BCUT2D eigenvalue weighted by Crippen LogP contribution is 2.10. The molecule has 0 radical (unpaired) electrons. The first-order chi connectivity index (χ1) is 9.65. The Labute approximate surface area is 131 Å². The van der Waals surface area contributed by atoms with E-state index in [-0.39, 0.29) is 30.3 Å². The minimum Gasteiger partial charge on any atom is -0.351 e. The van der Waals surface area contributed by atoms with E-state index in [1.165, 1.54) is 6.92 Å². The number of benzene rings is 1. The summed E-state index contributed by atoms with van der Waals surface area (Å²) in [4.78, 5) is 22.9. The second kappa shape index (κ2) is 8.64. The second-order valence-corrected chi connectivity index (χ2v) is 5.10. The molecule has 0 saturated carbocycles. The Morgan fingerprint density at radius 3 is 2.52 bits per heavy atom. The molecule has 116 valence electrons. The molecule has 0 bridgehead atoms. The van der Waals surface area contributed by atoms with Crippen LogP contribution in [-0.4, -0.2) is 24.4 Å². The standard InChI is InChI=1S/C15H21N3O2.ClH/c1-11(19)18-13-7-5-12(6-8-13)10-17-15(20)14-4-2-3-9-16-14;/h5-8,14,16H,2-4,9-10H2,1H3,(H,17,20)(H,18,19);1H/t14-;/m0./s1. The lowest BCUT2D eigenvalue weighted by Crippen LogP contribution is -2.46. The highest BCUT2D eigenvalue weighted by Gasteiger charge is 2.19. The van der Waals surface area contributed by atoms with E-state index < -0.39 is 0 Å². The Balaban J connectivity index is 0.00000220. The molecule has 2 amide bonds. The minimum atomic E-state index is -0.0885. The first-order valence-corrected chi connectivity index (χ1v) is 7.03. The van der Waals surface area contributed by atoms with Crippen LogP contribution in [0.4, 0.5) is 5.69 Å². The predicted octanol–water partition coefficient (Wildman–Crippen LogP) is 1.83. The van der Waals surface area contributed by atoms with E-state index in [4.69, 9.17) is 0 Å². The molecule has 0 aliphatic carbocycles. The lowest BCUT2D eigenvalue weighted by molar-refractivity contribution is -0.123. The molecule has 0 unspecified atom stereocenters. The van der Waals surface area contributed by atoms with Crippen molar-refractivity contribution in [3.63, 3.8) is 0 Å². The van der Waals surface area contributed by atoms with E-state index >= 15 is 0 Å². The Morgan fingerprint density at radius 1 is 1.24 bits per heavy atom. The third kappa shape index (κ3) is 5.73. The zero-order valence-electron chi connectivity index (χ0n) is 12.1. The summed E-state index contributed by atoms with van der Waals surface area (Å²) in [6, 6.07) is 7.42. The fourth-order valence-corrected chi connectivity index (χ4v) is 2.30. The van der Waals surface area contributed by atoms with Gasteiger partial charge in [-0.3, -0.25) is 9.59 Å². The molecule has 5 nitrogen and oxygen atoms in total. The lowest BCUT2D eigenvalue weighted by atomic mass is 10.0. The van der Waals surface area contributed by atoms with Gasteiger partial charge in [-0.1, -0.05) is 18.6 Å². The van der Waals surface area contributed by atoms with Gasteiger partial charge in [0.1, 0.15) is 0 Å². The summed E-state index contributed by atoms with van der Waals surface area (Å²) in [6.45, 7) is 2.91. The number of anilines is 1. The number of halogens is 1. The highest BCUT2D eigenvalue weighted by atomic mass is 35.5. The lowest BCUT2D eigenvalue weighted by Gasteiger charge is -2.22. The molecule has 0 spiro atoms. The number of nitrogens with one attached hydrogen (secondary N) is 3. The van der Waals surface area contributed by atoms with Crippen LogP contribution in [0.1, 0.15) is 31.7 Å². The zero-order chi connectivity index (χ0) is 14.4. The fourth-order valence-electron chi connectivity index (χ4n) is 2.30. The van der Waals surface area contributed by atoms with Crippen LogP contribution < -0.4 is 16.0 Å². The van der Waals surface area contributed by atoms with Crippen LogP contribution in [-0.2, 0) is 16.1 Å². The summed E-state index contributed by atoms with van der Waals surface area (Å²) in [6.07, 6.45) is 3.16. The van der Waals surface area contributed by atoms with E-state index in [0.29, 0.717) is 6.54 Å². The van der Waals surface area contributed by atoms with Gasteiger partial charge in [-0.2, -0.15) is 0 Å². The van der Waals surface area contributed by atoms with Gasteiger partial charge in [0.15, 0.2) is 0 Å². The Kier molecular flexibility index (Phi) is 7.19. The van der Waals surface area contributed by atoms with E-state index in [1.54, 1.807) is 0 Å². The number of carbonyl (C=O) groups excluding carboxylic acids is 2. The number of carbonyl (C=O) groups is 2. The van der Waals surface area contributed by atoms with Gasteiger partial charge in [-0.25, -0.2) is 0 Å². The number of rotatable bonds is 4. The second-order valence-electron chi connectivity index (χ2n) is 5.10. The maximum absolute atomic E-state index is 12.0. The molecular formula is C15H22ClN3O2. The van der Waals surface area contributed by atoms with Gasteiger partial charge < -0.3 is 16.0 Å². The third-order valence-corrected chi connectivity index (χ3v) is 3.37. The SMILES string of the molecule is CC(=O)Nc1ccc(CNC(=O)[C@@H]2CCCCN2)cc1.Cl. The van der Waals surface area contributed by atoms with Crippen molar-refractivity contribution in [3.05, 3.63) is 29.8 Å². The first kappa shape index (κ1) is 17.5. The zero-order valence-corrected chi connectivity index (χ0v) is 13.0. The van der Waals surface area contributed by atoms with Crippen LogP contribution in [0.2, 0.25) is 0 Å². The summed E-state index contributed by atoms with van der Waals surface area (Å²) >= 11 is 0. The van der Waals surface area contributed by atoms with Gasteiger partial charge in [0, 0.05) is 19.2 Å². The van der Waals surface area contributed by atoms with Crippen molar-refractivity contribution in [2.24, 2.45) is 0 Å². The largest absolute Gasteiger partial charge is 0.351 e. The van der Waals surface area contributed by atoms with Crippen LogP contribution in [0.3, 0.4) is 0 Å². The third-order valence-electron chi connectivity index (χ3n) is 3.37. The van der Waals surface area contributed by atoms with Gasteiger partial charge >= 0.3 is 0 Å². The fraction of sp³-hybridized carbons (Fsp3) is 0.467. The predicted molar refractivity (Wildman–Crippen MR) is 85.5 cm³/mol. The Hall–Kier alpha value is -1.59. The van der Waals surface area contributed by atoms with Gasteiger partial charge in [-0.05, 0) is 37.1 Å². The van der Waals surface area contributed by atoms with Gasteiger partial charge in [0.2, 0.25) is 11.8 Å². The number of amides is 2. The molecule has 1 aromatic rings. The number of hydrogen-bond acceptors (Lipinski definition) is 3. The molecule has 21 heavy (non-hydrogen) atoms. The van der Waals surface area contributed by atoms with E-state index in [2.05, 4.69) is 16.0 Å². The van der Waals surface area contributed by atoms with Gasteiger partial charge in [0.25, 0.3) is 0 Å². The van der Waals surface area contributed by atoms with Crippen LogP contribution >= 0.6 is 12.4 Å². The summed E-state index contributed by atoms with van der Waals surface area (Å²) in [5.41, 5.74) is 1.78. The summed E-state index contributed by atoms with van der Waals surface area (Å²) in [5, 5.41) is 8.88. The van der Waals surface area contributed by atoms with E-state index in [0.717, 1.165) is 37.1 Å². The van der Waals surface area contributed by atoms with Crippen LogP contribution in [0.5, 0.6) is 0 Å². The molecule has 1 aliphatic heterocycles. The molecule has 3 N–H and O–H groups in total. The van der Waals surface area contributed by atoms with Crippen molar-refractivity contribution in [2.75, 3.05) is 11.9 Å². The van der Waals surface area contributed by atoms with Crippen LogP contribution in [0.25, 0.3) is 0 Å². The van der Waals surface area contributed by atoms with Crippen molar-refractivity contribution in [1.29, 1.82) is 0 Å². The maximum atomic E-state index is 12.0. The van der Waals surface area contributed by atoms with Crippen molar-refractivity contribution in [2.45, 2.75) is 38.8 Å². The first-order valence-electron chi connectivity index (χ1n) is 7.03. The molecule has 1 aromatic carbocycles. The Bertz CT molecular complexity index is 470. The van der Waals surface area contributed by atoms with Crippen molar-refractivity contribution >= 4 is 29.9 Å². The molecular weight excluding hydrogens is 290 g/mol. The average molecular weight is 312 g/mol. The van der Waals surface area contributed by atoms with Crippen LogP contribution in [0.15, 0.2) is 24.3 Å². The Morgan fingerprint density at radius 2 is 1.95 bits per heavy atom. The monoisotopic (exact) mass is 311 g/mol. The normalized spacial score (nSPS) is 17.5. The smallest absolute Gasteiger partial charge is 0.237 e. The molecule has 6 heteroatoms. The van der Waals surface area contributed by atoms with E-state index in [9.17, 15) is 9.59 Å². The van der Waals surface area contributed by atoms with Crippen molar-refractivity contribution in [1.82, 2.24) is 10.6 Å². The number of piperidine rings is 1. The molecule has 0 aromatic heterocycles. The topological polar surface area (TPSA) is 70.2 Å². The quantitative estimate of drug-likeness (QED) is 0.794. The van der Waals surface area contributed by atoms with Gasteiger partial charge in [-0.15, -0.1) is 12.4 Å². The molecule has 1 saturated heterocycles. The molecule has 1 atom stereocenters. The van der Waals surface area contributed by atoms with Gasteiger partial charge in [0.05, 0.1) is 6.04 Å². The minimum absolute atomic E-state index is 0. The van der Waals surface area contributed by atoms with Crippen molar-refractivity contribution < 1.29 is 9.59 Å². The number of hydrogen-bond donors (Lipinski definition) is 3. The summed E-state index contributed by atoms with van der Waals surface area (Å²) in [7, 11) is 0. The molecule has 1 aliphatic rings. The maximum Gasteiger partial charge on any atom is 0.237 e. The highest BCUT2D eigenvalue weighted by molar-refractivity contribution is 5.88.